The number of ether oxygens (including phenoxy) is 1. The predicted octanol–water partition coefficient (Wildman–Crippen LogP) is 2.05. The standard InChI is InChI=1S/C13H16F2N2O2/c1-19-12-7-9(14)11(6-10(12)15)17-13(18)4-5-16-8-2-3-8/h6-8,16H,2-5H2,1H3,(H,17,18). The second-order valence-corrected chi connectivity index (χ2v) is 4.49. The topological polar surface area (TPSA) is 50.4 Å². The molecule has 6 heteroatoms. The van der Waals surface area contributed by atoms with Gasteiger partial charge in [-0.2, -0.15) is 0 Å². The Bertz CT molecular complexity index is 476. The van der Waals surface area contributed by atoms with Crippen molar-refractivity contribution in [3.05, 3.63) is 23.8 Å². The van der Waals surface area contributed by atoms with E-state index in [1.54, 1.807) is 0 Å². The molecule has 0 bridgehead atoms. The van der Waals surface area contributed by atoms with Crippen molar-refractivity contribution in [2.45, 2.75) is 25.3 Å². The minimum atomic E-state index is -0.721. The Morgan fingerprint density at radius 2 is 2.11 bits per heavy atom. The van der Waals surface area contributed by atoms with Crippen molar-refractivity contribution in [2.24, 2.45) is 0 Å². The summed E-state index contributed by atoms with van der Waals surface area (Å²) in [6.07, 6.45) is 2.50. The first-order chi connectivity index (χ1) is 9.10. The largest absolute Gasteiger partial charge is 0.494 e. The van der Waals surface area contributed by atoms with Crippen molar-refractivity contribution in [3.8, 4) is 5.75 Å². The van der Waals surface area contributed by atoms with Crippen LogP contribution in [0.1, 0.15) is 19.3 Å². The third-order valence-corrected chi connectivity index (χ3v) is 2.88. The number of benzene rings is 1. The molecule has 1 aromatic carbocycles. The average Bonchev–Trinajstić information content (AvgIpc) is 3.17. The number of hydrogen-bond donors (Lipinski definition) is 2. The van der Waals surface area contributed by atoms with Gasteiger partial charge in [0.2, 0.25) is 5.91 Å². The minimum absolute atomic E-state index is 0.172. The first-order valence-electron chi connectivity index (χ1n) is 6.16. The van der Waals surface area contributed by atoms with Crippen molar-refractivity contribution >= 4 is 11.6 Å². The van der Waals surface area contributed by atoms with Crippen LogP contribution in [-0.2, 0) is 4.79 Å². The number of methoxy groups -OCH3 is 1. The van der Waals surface area contributed by atoms with E-state index >= 15 is 0 Å². The first kappa shape index (κ1) is 13.7. The summed E-state index contributed by atoms with van der Waals surface area (Å²) in [4.78, 5) is 11.6. The molecule has 4 nitrogen and oxygen atoms in total. The highest BCUT2D eigenvalue weighted by molar-refractivity contribution is 5.91. The summed E-state index contributed by atoms with van der Waals surface area (Å²) in [7, 11) is 1.25. The molecule has 0 unspecified atom stereocenters. The Hall–Kier alpha value is -1.69. The molecular weight excluding hydrogens is 254 g/mol. The Balaban J connectivity index is 1.89. The van der Waals surface area contributed by atoms with Crippen LogP contribution in [0, 0.1) is 11.6 Å². The molecule has 0 spiro atoms. The normalized spacial score (nSPS) is 14.3. The van der Waals surface area contributed by atoms with E-state index < -0.39 is 11.6 Å². The van der Waals surface area contributed by atoms with E-state index in [0.29, 0.717) is 12.6 Å². The molecule has 19 heavy (non-hydrogen) atoms. The van der Waals surface area contributed by atoms with Crippen LogP contribution in [0.2, 0.25) is 0 Å². The molecule has 0 radical (unpaired) electrons. The number of nitrogens with one attached hydrogen (secondary N) is 2. The summed E-state index contributed by atoms with van der Waals surface area (Å²) in [6, 6.07) is 2.34. The number of amides is 1. The van der Waals surface area contributed by atoms with Crippen LogP contribution in [0.3, 0.4) is 0 Å². The van der Waals surface area contributed by atoms with Crippen molar-refractivity contribution in [2.75, 3.05) is 19.0 Å². The first-order valence-corrected chi connectivity index (χ1v) is 6.16. The molecule has 0 heterocycles. The van der Waals surface area contributed by atoms with E-state index in [1.807, 2.05) is 0 Å². The lowest BCUT2D eigenvalue weighted by molar-refractivity contribution is -0.116. The molecule has 1 aromatic rings. The van der Waals surface area contributed by atoms with Crippen LogP contribution in [-0.4, -0.2) is 25.6 Å². The van der Waals surface area contributed by atoms with Gasteiger partial charge < -0.3 is 15.4 Å². The number of anilines is 1. The van der Waals surface area contributed by atoms with Crippen molar-refractivity contribution < 1.29 is 18.3 Å². The van der Waals surface area contributed by atoms with Crippen molar-refractivity contribution in [1.82, 2.24) is 5.32 Å². The number of carbonyl (C=O) groups is 1. The zero-order valence-corrected chi connectivity index (χ0v) is 10.6. The number of halogens is 2. The summed E-state index contributed by atoms with van der Waals surface area (Å²) in [5.41, 5.74) is -0.172. The number of hydrogen-bond acceptors (Lipinski definition) is 3. The molecule has 1 amide bonds. The molecule has 104 valence electrons. The van der Waals surface area contributed by atoms with E-state index in [2.05, 4.69) is 15.4 Å². The summed E-state index contributed by atoms with van der Waals surface area (Å²) >= 11 is 0. The molecule has 1 saturated carbocycles. The van der Waals surface area contributed by atoms with Gasteiger partial charge in [0.15, 0.2) is 17.4 Å². The van der Waals surface area contributed by atoms with Crippen LogP contribution in [0.25, 0.3) is 0 Å². The van der Waals surface area contributed by atoms with Crippen LogP contribution < -0.4 is 15.4 Å². The van der Waals surface area contributed by atoms with Crippen LogP contribution in [0.15, 0.2) is 12.1 Å². The summed E-state index contributed by atoms with van der Waals surface area (Å²) in [5, 5.41) is 5.52. The lowest BCUT2D eigenvalue weighted by Gasteiger charge is -2.09. The number of rotatable bonds is 6. The maximum atomic E-state index is 13.6. The molecule has 1 aliphatic rings. The molecule has 0 saturated heterocycles. The average molecular weight is 270 g/mol. The Morgan fingerprint density at radius 1 is 1.37 bits per heavy atom. The maximum Gasteiger partial charge on any atom is 0.225 e. The summed E-state index contributed by atoms with van der Waals surface area (Å²) in [6.45, 7) is 0.538. The van der Waals surface area contributed by atoms with Gasteiger partial charge in [0.25, 0.3) is 0 Å². The van der Waals surface area contributed by atoms with Gasteiger partial charge in [0.05, 0.1) is 12.8 Å². The smallest absolute Gasteiger partial charge is 0.225 e. The highest BCUT2D eigenvalue weighted by Crippen LogP contribution is 2.24. The summed E-state index contributed by atoms with van der Waals surface area (Å²) in [5.74, 6) is -1.97. The zero-order chi connectivity index (χ0) is 13.8. The van der Waals surface area contributed by atoms with Crippen LogP contribution >= 0.6 is 0 Å². The fraction of sp³-hybridized carbons (Fsp3) is 0.462. The lowest BCUT2D eigenvalue weighted by atomic mass is 10.2. The second-order valence-electron chi connectivity index (χ2n) is 4.49. The van der Waals surface area contributed by atoms with Gasteiger partial charge in [-0.05, 0) is 12.8 Å². The van der Waals surface area contributed by atoms with Gasteiger partial charge in [0.1, 0.15) is 0 Å². The molecule has 1 fully saturated rings. The van der Waals surface area contributed by atoms with Gasteiger partial charge in [-0.1, -0.05) is 0 Å². The Labute approximate surface area is 110 Å². The molecule has 2 N–H and O–H groups in total. The fourth-order valence-electron chi connectivity index (χ4n) is 1.67. The van der Waals surface area contributed by atoms with Crippen molar-refractivity contribution in [1.29, 1.82) is 0 Å². The highest BCUT2D eigenvalue weighted by atomic mass is 19.1. The molecular formula is C13H16F2N2O2. The molecule has 1 aliphatic carbocycles. The van der Waals surface area contributed by atoms with Gasteiger partial charge >= 0.3 is 0 Å². The molecule has 0 atom stereocenters. The van der Waals surface area contributed by atoms with E-state index in [9.17, 15) is 13.6 Å². The van der Waals surface area contributed by atoms with Gasteiger partial charge in [-0.3, -0.25) is 4.79 Å². The van der Waals surface area contributed by atoms with E-state index in [0.717, 1.165) is 25.0 Å². The van der Waals surface area contributed by atoms with E-state index in [-0.39, 0.29) is 23.8 Å². The lowest BCUT2D eigenvalue weighted by Crippen LogP contribution is -2.23. The number of carbonyl (C=O) groups excluding carboxylic acids is 1. The fourth-order valence-corrected chi connectivity index (χ4v) is 1.67. The monoisotopic (exact) mass is 270 g/mol. The maximum absolute atomic E-state index is 13.6. The Kier molecular flexibility index (Phi) is 4.31. The van der Waals surface area contributed by atoms with Crippen LogP contribution in [0.4, 0.5) is 14.5 Å². The van der Waals surface area contributed by atoms with Crippen LogP contribution in [0.5, 0.6) is 5.75 Å². The van der Waals surface area contributed by atoms with E-state index in [1.165, 1.54) is 7.11 Å². The molecule has 2 rings (SSSR count). The van der Waals surface area contributed by atoms with E-state index in [4.69, 9.17) is 0 Å². The quantitative estimate of drug-likeness (QED) is 0.832. The minimum Gasteiger partial charge on any atom is -0.494 e. The van der Waals surface area contributed by atoms with Gasteiger partial charge in [-0.15, -0.1) is 0 Å². The van der Waals surface area contributed by atoms with Crippen molar-refractivity contribution in [3.63, 3.8) is 0 Å². The SMILES string of the molecule is COc1cc(F)c(NC(=O)CCNC2CC2)cc1F. The zero-order valence-electron chi connectivity index (χ0n) is 10.6. The second kappa shape index (κ2) is 5.97. The third-order valence-electron chi connectivity index (χ3n) is 2.88. The predicted molar refractivity (Wildman–Crippen MR) is 67.2 cm³/mol. The van der Waals surface area contributed by atoms with Gasteiger partial charge in [-0.25, -0.2) is 8.78 Å². The Morgan fingerprint density at radius 3 is 2.74 bits per heavy atom. The summed E-state index contributed by atoms with van der Waals surface area (Å²) < 4.78 is 31.6. The molecule has 0 aliphatic heterocycles. The molecule has 0 aromatic heterocycles. The third kappa shape index (κ3) is 3.89. The highest BCUT2D eigenvalue weighted by Gasteiger charge is 2.20. The van der Waals surface area contributed by atoms with Gasteiger partial charge in [0, 0.05) is 31.1 Å².